The molecule has 41 heavy (non-hydrogen) atoms. The summed E-state index contributed by atoms with van der Waals surface area (Å²) in [6, 6.07) is 17.7. The van der Waals surface area contributed by atoms with Gasteiger partial charge in [-0.15, -0.1) is 0 Å². The fraction of sp³-hybridized carbons (Fsp3) is 0.355. The summed E-state index contributed by atoms with van der Waals surface area (Å²) in [5.74, 6) is -0.662. The number of carbonyl (C=O) groups excluding carboxylic acids is 2. The highest BCUT2D eigenvalue weighted by atomic mass is 35.5. The van der Waals surface area contributed by atoms with E-state index in [0.717, 1.165) is 15.4 Å². The van der Waals surface area contributed by atoms with Crippen molar-refractivity contribution in [3.8, 4) is 0 Å². The summed E-state index contributed by atoms with van der Waals surface area (Å²) in [5.41, 5.74) is 2.75. The molecule has 3 rings (SSSR count). The molecule has 0 unspecified atom stereocenters. The number of halogens is 2. The van der Waals surface area contributed by atoms with E-state index >= 15 is 0 Å². The summed E-state index contributed by atoms with van der Waals surface area (Å²) in [5, 5.41) is 3.55. The van der Waals surface area contributed by atoms with E-state index in [4.69, 9.17) is 23.2 Å². The van der Waals surface area contributed by atoms with E-state index in [9.17, 15) is 18.0 Å². The Morgan fingerprint density at radius 3 is 2.20 bits per heavy atom. The van der Waals surface area contributed by atoms with E-state index in [1.165, 1.54) is 17.0 Å². The van der Waals surface area contributed by atoms with Crippen LogP contribution in [0.2, 0.25) is 10.0 Å². The maximum atomic E-state index is 14.1. The number of amides is 2. The Labute approximate surface area is 253 Å². The van der Waals surface area contributed by atoms with Crippen molar-refractivity contribution in [3.05, 3.63) is 93.5 Å². The number of aryl methyl sites for hydroxylation is 2. The predicted molar refractivity (Wildman–Crippen MR) is 166 cm³/mol. The van der Waals surface area contributed by atoms with Gasteiger partial charge >= 0.3 is 0 Å². The molecular weight excluding hydrogens is 581 g/mol. The summed E-state index contributed by atoms with van der Waals surface area (Å²) in [7, 11) is -4.14. The van der Waals surface area contributed by atoms with Crippen molar-refractivity contribution in [2.24, 2.45) is 5.92 Å². The summed E-state index contributed by atoms with van der Waals surface area (Å²) in [6.45, 7) is 9.34. The van der Waals surface area contributed by atoms with Gasteiger partial charge in [0.25, 0.3) is 10.0 Å². The number of nitrogens with zero attached hydrogens (tertiary/aromatic N) is 2. The van der Waals surface area contributed by atoms with Crippen molar-refractivity contribution in [1.29, 1.82) is 0 Å². The minimum atomic E-state index is -4.14. The smallest absolute Gasteiger partial charge is 0.264 e. The lowest BCUT2D eigenvalue weighted by molar-refractivity contribution is -0.139. The quantitative estimate of drug-likeness (QED) is 0.260. The maximum absolute atomic E-state index is 14.1. The van der Waals surface area contributed by atoms with Crippen LogP contribution < -0.4 is 9.62 Å². The molecular formula is C31H37Cl2N3O4S. The molecule has 0 aliphatic rings. The van der Waals surface area contributed by atoms with Gasteiger partial charge in [-0.2, -0.15) is 0 Å². The molecule has 0 aromatic heterocycles. The lowest BCUT2D eigenvalue weighted by Gasteiger charge is -2.32. The second-order valence-electron chi connectivity index (χ2n) is 10.4. The van der Waals surface area contributed by atoms with E-state index in [1.807, 2.05) is 39.8 Å². The van der Waals surface area contributed by atoms with E-state index in [2.05, 4.69) is 5.32 Å². The number of hydrogen-bond donors (Lipinski definition) is 1. The van der Waals surface area contributed by atoms with Crippen LogP contribution in [0.25, 0.3) is 0 Å². The lowest BCUT2D eigenvalue weighted by atomic mass is 10.1. The molecule has 1 atom stereocenters. The Kier molecular flexibility index (Phi) is 11.2. The molecule has 0 spiro atoms. The van der Waals surface area contributed by atoms with Gasteiger partial charge in [0, 0.05) is 13.1 Å². The second kappa shape index (κ2) is 14.2. The number of para-hydroxylation sites is 1. The Morgan fingerprint density at radius 1 is 0.927 bits per heavy atom. The normalized spacial score (nSPS) is 12.2. The first-order valence-corrected chi connectivity index (χ1v) is 15.7. The Hall–Kier alpha value is -3.07. The van der Waals surface area contributed by atoms with Crippen molar-refractivity contribution < 1.29 is 18.0 Å². The first-order chi connectivity index (χ1) is 19.3. The van der Waals surface area contributed by atoms with Crippen LogP contribution >= 0.6 is 23.2 Å². The predicted octanol–water partition coefficient (Wildman–Crippen LogP) is 6.25. The van der Waals surface area contributed by atoms with Gasteiger partial charge in [0.05, 0.1) is 20.6 Å². The molecule has 0 heterocycles. The van der Waals surface area contributed by atoms with Crippen LogP contribution in [0.15, 0.2) is 71.6 Å². The first kappa shape index (κ1) is 32.4. The van der Waals surface area contributed by atoms with Gasteiger partial charge in [0.2, 0.25) is 11.8 Å². The van der Waals surface area contributed by atoms with Crippen LogP contribution in [0.4, 0.5) is 5.69 Å². The molecule has 220 valence electrons. The van der Waals surface area contributed by atoms with Crippen LogP contribution in [0.5, 0.6) is 0 Å². The third kappa shape index (κ3) is 8.24. The van der Waals surface area contributed by atoms with Crippen LogP contribution in [-0.4, -0.2) is 44.3 Å². The average molecular weight is 619 g/mol. The van der Waals surface area contributed by atoms with Crippen LogP contribution in [0.3, 0.4) is 0 Å². The van der Waals surface area contributed by atoms with Crippen molar-refractivity contribution in [3.63, 3.8) is 0 Å². The molecule has 0 bridgehead atoms. The average Bonchev–Trinajstić information content (AvgIpc) is 2.94. The van der Waals surface area contributed by atoms with Gasteiger partial charge in [-0.1, -0.05) is 85.9 Å². The Bertz CT molecular complexity index is 1480. The highest BCUT2D eigenvalue weighted by Gasteiger charge is 2.33. The summed E-state index contributed by atoms with van der Waals surface area (Å²) >= 11 is 12.3. The Morgan fingerprint density at radius 2 is 1.59 bits per heavy atom. The third-order valence-electron chi connectivity index (χ3n) is 6.72. The zero-order valence-electron chi connectivity index (χ0n) is 24.0. The van der Waals surface area contributed by atoms with Gasteiger partial charge in [0.15, 0.2) is 0 Å². The fourth-order valence-electron chi connectivity index (χ4n) is 4.27. The molecule has 0 saturated carbocycles. The van der Waals surface area contributed by atoms with Crippen LogP contribution in [-0.2, 0) is 32.6 Å². The largest absolute Gasteiger partial charge is 0.354 e. The summed E-state index contributed by atoms with van der Waals surface area (Å²) in [4.78, 5) is 28.7. The van der Waals surface area contributed by atoms with Crippen molar-refractivity contribution in [2.45, 2.75) is 58.5 Å². The topological polar surface area (TPSA) is 86.8 Å². The van der Waals surface area contributed by atoms with Gasteiger partial charge in [-0.05, 0) is 67.6 Å². The minimum absolute atomic E-state index is 0.0276. The first-order valence-electron chi connectivity index (χ1n) is 13.5. The number of hydrogen-bond acceptors (Lipinski definition) is 4. The molecule has 0 radical (unpaired) electrons. The number of sulfonamides is 1. The highest BCUT2D eigenvalue weighted by Crippen LogP contribution is 2.29. The molecule has 0 saturated heterocycles. The van der Waals surface area contributed by atoms with Gasteiger partial charge in [0.1, 0.15) is 12.6 Å². The SMILES string of the molecule is CCc1ccccc1N(CC(=O)N(Cc1ccc(Cl)c(Cl)c1)[C@@H](C)C(=O)NCC(C)C)S(=O)(=O)c1ccc(C)cc1. The molecule has 0 aliphatic heterocycles. The monoisotopic (exact) mass is 617 g/mol. The van der Waals surface area contributed by atoms with E-state index in [-0.39, 0.29) is 23.3 Å². The molecule has 10 heteroatoms. The van der Waals surface area contributed by atoms with Crippen molar-refractivity contribution >= 4 is 50.7 Å². The maximum Gasteiger partial charge on any atom is 0.264 e. The molecule has 2 amide bonds. The van der Waals surface area contributed by atoms with Crippen molar-refractivity contribution in [1.82, 2.24) is 10.2 Å². The fourth-order valence-corrected chi connectivity index (χ4v) is 6.05. The van der Waals surface area contributed by atoms with E-state index in [1.54, 1.807) is 49.4 Å². The zero-order valence-corrected chi connectivity index (χ0v) is 26.4. The van der Waals surface area contributed by atoms with E-state index in [0.29, 0.717) is 34.3 Å². The number of anilines is 1. The number of carbonyl (C=O) groups is 2. The Balaban J connectivity index is 2.06. The number of rotatable bonds is 12. The number of benzene rings is 3. The number of nitrogens with one attached hydrogen (secondary N) is 1. The standard InChI is InChI=1S/C31H37Cl2N3O4S/c1-6-25-9-7-8-10-29(25)36(41(39,40)26-14-11-22(4)12-15-26)20-30(37)35(23(5)31(38)34-18-21(2)3)19-24-13-16-27(32)28(33)17-24/h7-17,21,23H,6,18-20H2,1-5H3,(H,34,38)/t23-/m0/s1. The molecule has 1 N–H and O–H groups in total. The second-order valence-corrected chi connectivity index (χ2v) is 13.1. The van der Waals surface area contributed by atoms with Gasteiger partial charge < -0.3 is 10.2 Å². The van der Waals surface area contributed by atoms with Gasteiger partial charge in [-0.3, -0.25) is 13.9 Å². The van der Waals surface area contributed by atoms with Crippen LogP contribution in [0, 0.1) is 12.8 Å². The highest BCUT2D eigenvalue weighted by molar-refractivity contribution is 7.92. The summed E-state index contributed by atoms with van der Waals surface area (Å²) in [6.07, 6.45) is 0.561. The zero-order chi connectivity index (χ0) is 30.3. The van der Waals surface area contributed by atoms with E-state index < -0.39 is 28.5 Å². The van der Waals surface area contributed by atoms with Gasteiger partial charge in [-0.25, -0.2) is 8.42 Å². The molecule has 3 aromatic rings. The molecule has 3 aromatic carbocycles. The van der Waals surface area contributed by atoms with Crippen molar-refractivity contribution in [2.75, 3.05) is 17.4 Å². The molecule has 0 fully saturated rings. The molecule has 0 aliphatic carbocycles. The summed E-state index contributed by atoms with van der Waals surface area (Å²) < 4.78 is 29.2. The lowest BCUT2D eigenvalue weighted by Crippen LogP contribution is -2.51. The third-order valence-corrected chi connectivity index (χ3v) is 9.23. The van der Waals surface area contributed by atoms with Crippen LogP contribution in [0.1, 0.15) is 44.4 Å². The molecule has 7 nitrogen and oxygen atoms in total. The minimum Gasteiger partial charge on any atom is -0.354 e.